The summed E-state index contributed by atoms with van der Waals surface area (Å²) in [7, 11) is 1.52. The van der Waals surface area contributed by atoms with E-state index >= 15 is 0 Å². The number of carbonyl (C=O) groups excluding carboxylic acids is 1. The second-order valence-corrected chi connectivity index (χ2v) is 3.86. The highest BCUT2D eigenvalue weighted by atomic mass is 19.3. The molecule has 18 heavy (non-hydrogen) atoms. The van der Waals surface area contributed by atoms with Crippen molar-refractivity contribution in [2.75, 3.05) is 7.11 Å². The van der Waals surface area contributed by atoms with Crippen molar-refractivity contribution in [3.63, 3.8) is 0 Å². The third-order valence-corrected chi connectivity index (χ3v) is 2.98. The number of alkyl halides is 2. The minimum absolute atomic E-state index is 0.112. The van der Waals surface area contributed by atoms with Crippen molar-refractivity contribution < 1.29 is 22.8 Å². The number of ether oxygens (including phenoxy) is 1. The Balaban J connectivity index is 2.88. The smallest absolute Gasteiger partial charge is 0.296 e. The fourth-order valence-corrected chi connectivity index (χ4v) is 1.68. The zero-order valence-electron chi connectivity index (χ0n) is 10.6. The maximum atomic E-state index is 12.1. The quantitative estimate of drug-likeness (QED) is 0.753. The summed E-state index contributed by atoms with van der Waals surface area (Å²) in [6, 6.07) is 0. The van der Waals surface area contributed by atoms with E-state index in [-0.39, 0.29) is 11.7 Å². The predicted octanol–water partition coefficient (Wildman–Crippen LogP) is 2.11. The third-order valence-electron chi connectivity index (χ3n) is 2.98. The molecule has 5 nitrogen and oxygen atoms in total. The first-order chi connectivity index (χ1) is 8.49. The van der Waals surface area contributed by atoms with E-state index in [2.05, 4.69) is 10.1 Å². The van der Waals surface area contributed by atoms with Crippen molar-refractivity contribution in [1.29, 1.82) is 0 Å². The number of hydrogen-bond acceptors (Lipinski definition) is 5. The van der Waals surface area contributed by atoms with Gasteiger partial charge in [0.05, 0.1) is 6.42 Å². The number of Topliss-reactive ketones (excluding diaryl/α,β-unsaturated/α-hetero) is 1. The number of ketones is 1. The second kappa shape index (κ2) is 5.99. The summed E-state index contributed by atoms with van der Waals surface area (Å²) >= 11 is 0. The molecule has 0 bridgehead atoms. The Bertz CT molecular complexity index is 394. The molecule has 0 saturated carbocycles. The van der Waals surface area contributed by atoms with Gasteiger partial charge in [-0.1, -0.05) is 19.0 Å². The van der Waals surface area contributed by atoms with Crippen LogP contribution in [0.4, 0.5) is 8.78 Å². The van der Waals surface area contributed by atoms with Gasteiger partial charge in [-0.05, 0) is 12.8 Å². The first-order valence-corrected chi connectivity index (χ1v) is 5.68. The van der Waals surface area contributed by atoms with Crippen molar-refractivity contribution in [3.8, 4) is 0 Å². The highest BCUT2D eigenvalue weighted by molar-refractivity contribution is 5.82. The summed E-state index contributed by atoms with van der Waals surface area (Å²) in [5, 5.41) is 3.71. The number of carbonyl (C=O) groups is 1. The van der Waals surface area contributed by atoms with Crippen LogP contribution in [0.15, 0.2) is 4.52 Å². The van der Waals surface area contributed by atoms with E-state index in [0.717, 1.165) is 0 Å². The van der Waals surface area contributed by atoms with Crippen molar-refractivity contribution in [3.05, 3.63) is 11.7 Å². The van der Waals surface area contributed by atoms with E-state index in [1.54, 1.807) is 0 Å². The molecule has 1 aromatic heterocycles. The molecule has 0 aromatic carbocycles. The minimum atomic E-state index is -3.02. The molecule has 0 amide bonds. The van der Waals surface area contributed by atoms with Crippen LogP contribution < -0.4 is 0 Å². The van der Waals surface area contributed by atoms with Crippen LogP contribution >= 0.6 is 0 Å². The van der Waals surface area contributed by atoms with Crippen LogP contribution in [0.3, 0.4) is 0 Å². The highest BCUT2D eigenvalue weighted by Crippen LogP contribution is 2.30. The summed E-state index contributed by atoms with van der Waals surface area (Å²) < 4.78 is 34.4. The molecule has 0 atom stereocenters. The van der Waals surface area contributed by atoms with Crippen LogP contribution in [0.2, 0.25) is 0 Å². The van der Waals surface area contributed by atoms with Gasteiger partial charge in [0.2, 0.25) is 17.5 Å². The second-order valence-electron chi connectivity index (χ2n) is 3.86. The number of methoxy groups -OCH3 is 1. The number of aromatic nitrogens is 2. The molecule has 102 valence electrons. The number of rotatable bonds is 7. The SMILES string of the molecule is CCC(CC)(OC)c1noc(CC(=O)C(F)F)n1. The summed E-state index contributed by atoms with van der Waals surface area (Å²) in [5.41, 5.74) is -0.699. The van der Waals surface area contributed by atoms with Crippen LogP contribution in [0.5, 0.6) is 0 Å². The van der Waals surface area contributed by atoms with Crippen molar-refractivity contribution in [2.45, 2.75) is 45.1 Å². The Morgan fingerprint density at radius 3 is 2.50 bits per heavy atom. The van der Waals surface area contributed by atoms with Gasteiger partial charge in [0.15, 0.2) is 0 Å². The summed E-state index contributed by atoms with van der Waals surface area (Å²) in [4.78, 5) is 14.8. The monoisotopic (exact) mass is 262 g/mol. The first kappa shape index (κ1) is 14.7. The molecule has 0 fully saturated rings. The topological polar surface area (TPSA) is 65.2 Å². The fraction of sp³-hybridized carbons (Fsp3) is 0.727. The first-order valence-electron chi connectivity index (χ1n) is 5.68. The van der Waals surface area contributed by atoms with Gasteiger partial charge in [-0.2, -0.15) is 4.98 Å². The van der Waals surface area contributed by atoms with Gasteiger partial charge in [-0.3, -0.25) is 4.79 Å². The lowest BCUT2D eigenvalue weighted by atomic mass is 9.96. The molecule has 0 spiro atoms. The van der Waals surface area contributed by atoms with E-state index in [4.69, 9.17) is 9.26 Å². The van der Waals surface area contributed by atoms with Gasteiger partial charge < -0.3 is 9.26 Å². The third kappa shape index (κ3) is 2.90. The summed E-state index contributed by atoms with van der Waals surface area (Å²) in [6.45, 7) is 3.79. The molecule has 7 heteroatoms. The van der Waals surface area contributed by atoms with Crippen molar-refractivity contribution >= 4 is 5.78 Å². The Morgan fingerprint density at radius 1 is 1.44 bits per heavy atom. The Hall–Kier alpha value is -1.37. The van der Waals surface area contributed by atoms with E-state index in [9.17, 15) is 13.6 Å². The summed E-state index contributed by atoms with van der Waals surface area (Å²) in [5.74, 6) is -1.06. The van der Waals surface area contributed by atoms with E-state index in [1.807, 2.05) is 13.8 Å². The molecule has 0 aliphatic carbocycles. The molecule has 0 saturated heterocycles. The molecular formula is C11H16F2N2O3. The maximum absolute atomic E-state index is 12.1. The van der Waals surface area contributed by atoms with Crippen molar-refractivity contribution in [2.24, 2.45) is 0 Å². The van der Waals surface area contributed by atoms with Crippen LogP contribution in [-0.4, -0.2) is 29.5 Å². The Kier molecular flexibility index (Phi) is 4.89. The Morgan fingerprint density at radius 2 is 2.06 bits per heavy atom. The van der Waals surface area contributed by atoms with Gasteiger partial charge in [-0.15, -0.1) is 0 Å². The fourth-order valence-electron chi connectivity index (χ4n) is 1.68. The number of hydrogen-bond donors (Lipinski definition) is 0. The van der Waals surface area contributed by atoms with Gasteiger partial charge in [0.25, 0.3) is 6.43 Å². The van der Waals surface area contributed by atoms with E-state index < -0.39 is 24.2 Å². The van der Waals surface area contributed by atoms with E-state index in [1.165, 1.54) is 7.11 Å². The lowest BCUT2D eigenvalue weighted by Crippen LogP contribution is -2.28. The van der Waals surface area contributed by atoms with Gasteiger partial charge in [0.1, 0.15) is 5.60 Å². The molecule has 1 heterocycles. The van der Waals surface area contributed by atoms with Crippen molar-refractivity contribution in [1.82, 2.24) is 10.1 Å². The molecule has 0 N–H and O–H groups in total. The molecular weight excluding hydrogens is 246 g/mol. The minimum Gasteiger partial charge on any atom is -0.370 e. The van der Waals surface area contributed by atoms with Crippen LogP contribution in [0.1, 0.15) is 38.4 Å². The molecule has 0 radical (unpaired) electrons. The molecule has 1 rings (SSSR count). The summed E-state index contributed by atoms with van der Waals surface area (Å²) in [6.07, 6.45) is -2.36. The van der Waals surface area contributed by atoms with Gasteiger partial charge in [-0.25, -0.2) is 8.78 Å². The maximum Gasteiger partial charge on any atom is 0.296 e. The zero-order valence-corrected chi connectivity index (χ0v) is 10.6. The largest absolute Gasteiger partial charge is 0.370 e. The normalized spacial score (nSPS) is 12.1. The molecule has 0 aliphatic heterocycles. The molecule has 0 aliphatic rings. The number of nitrogens with zero attached hydrogens (tertiary/aromatic N) is 2. The average Bonchev–Trinajstić information content (AvgIpc) is 2.81. The lowest BCUT2D eigenvalue weighted by Gasteiger charge is -2.25. The lowest BCUT2D eigenvalue weighted by molar-refractivity contribution is -0.129. The number of halogens is 2. The van der Waals surface area contributed by atoms with E-state index in [0.29, 0.717) is 12.8 Å². The van der Waals surface area contributed by atoms with Crippen LogP contribution in [-0.2, 0) is 21.6 Å². The Labute approximate surface area is 104 Å². The van der Waals surface area contributed by atoms with Gasteiger partial charge >= 0.3 is 0 Å². The standard InChI is InChI=1S/C11H16F2N2O3/c1-4-11(5-2,17-3)10-14-8(18-15-10)6-7(16)9(12)13/h9H,4-6H2,1-3H3. The van der Waals surface area contributed by atoms with Crippen LogP contribution in [0.25, 0.3) is 0 Å². The average molecular weight is 262 g/mol. The highest BCUT2D eigenvalue weighted by Gasteiger charge is 2.34. The zero-order chi connectivity index (χ0) is 13.8. The van der Waals surface area contributed by atoms with Crippen LogP contribution in [0, 0.1) is 0 Å². The molecule has 1 aromatic rings. The predicted molar refractivity (Wildman–Crippen MR) is 58.3 cm³/mol. The molecule has 0 unspecified atom stereocenters. The van der Waals surface area contributed by atoms with Gasteiger partial charge in [0, 0.05) is 7.11 Å².